The number of imidazole rings is 1. The molecule has 13 heteroatoms. The molecule has 0 atom stereocenters. The second-order valence-electron chi connectivity index (χ2n) is 12.8. The zero-order chi connectivity index (χ0) is 35.0. The van der Waals surface area contributed by atoms with Crippen molar-refractivity contribution in [2.24, 2.45) is 0 Å². The lowest BCUT2D eigenvalue weighted by molar-refractivity contribution is 0.0597. The van der Waals surface area contributed by atoms with Crippen LogP contribution < -0.4 is 10.7 Å². The van der Waals surface area contributed by atoms with Gasteiger partial charge in [-0.15, -0.1) is 0 Å². The number of para-hydroxylation sites is 1. The van der Waals surface area contributed by atoms with Crippen LogP contribution in [0.5, 0.6) is 0 Å². The third-order valence-electron chi connectivity index (χ3n) is 9.49. The van der Waals surface area contributed by atoms with Crippen LogP contribution in [-0.2, 0) is 10.1 Å². The number of imide groups is 1. The monoisotopic (exact) mass is 694 g/mol. The highest BCUT2D eigenvalue weighted by molar-refractivity contribution is 7.85. The minimum Gasteiger partial charge on any atom is -0.384 e. The van der Waals surface area contributed by atoms with Crippen molar-refractivity contribution in [1.82, 2.24) is 24.1 Å². The summed E-state index contributed by atoms with van der Waals surface area (Å²) in [6, 6.07) is 23.0. The van der Waals surface area contributed by atoms with Gasteiger partial charge in [-0.25, -0.2) is 4.98 Å². The molecule has 2 N–H and O–H groups in total. The van der Waals surface area contributed by atoms with E-state index < -0.39 is 10.1 Å². The molecule has 50 heavy (non-hydrogen) atoms. The molecule has 0 aliphatic carbocycles. The van der Waals surface area contributed by atoms with Gasteiger partial charge in [0.05, 0.1) is 28.2 Å². The van der Waals surface area contributed by atoms with Crippen LogP contribution in [0.25, 0.3) is 38.1 Å². The smallest absolute Gasteiger partial charge is 0.261 e. The Balaban J connectivity index is 0.000000734. The summed E-state index contributed by atoms with van der Waals surface area (Å²) >= 11 is 0. The van der Waals surface area contributed by atoms with Crippen LogP contribution >= 0.6 is 0 Å². The third-order valence-corrected chi connectivity index (χ3v) is 9.49. The summed E-state index contributed by atoms with van der Waals surface area (Å²) < 4.78 is 27.9. The Kier molecular flexibility index (Phi) is 9.23. The van der Waals surface area contributed by atoms with E-state index in [1.54, 1.807) is 6.33 Å². The fourth-order valence-corrected chi connectivity index (χ4v) is 7.17. The van der Waals surface area contributed by atoms with E-state index in [0.717, 1.165) is 91.7 Å². The normalized spacial score (nSPS) is 15.7. The van der Waals surface area contributed by atoms with Crippen LogP contribution in [0.15, 0.2) is 83.9 Å². The Hall–Kier alpha value is -4.95. The largest absolute Gasteiger partial charge is 0.384 e. The number of pyridine rings is 1. The highest BCUT2D eigenvalue weighted by Crippen LogP contribution is 2.30. The Morgan fingerprint density at radius 2 is 1.38 bits per heavy atom. The highest BCUT2D eigenvalue weighted by Gasteiger charge is 2.32. The summed E-state index contributed by atoms with van der Waals surface area (Å²) in [5.41, 5.74) is 4.72. The number of nitrogens with one attached hydrogen (secondary N) is 1. The third kappa shape index (κ3) is 6.64. The molecule has 2 amide bonds. The second kappa shape index (κ2) is 13.8. The van der Waals surface area contributed by atoms with Crippen molar-refractivity contribution in [3.8, 4) is 0 Å². The minimum atomic E-state index is -3.67. The lowest BCUT2D eigenvalue weighted by Crippen LogP contribution is -2.48. The van der Waals surface area contributed by atoms with Crippen molar-refractivity contribution in [1.29, 1.82) is 0 Å². The molecule has 0 bridgehead atoms. The molecule has 1 saturated heterocycles. The Labute approximate surface area is 289 Å². The van der Waals surface area contributed by atoms with Gasteiger partial charge >= 0.3 is 0 Å². The number of carbonyl (C=O) groups excluding carboxylic acids is 2. The number of nitrogens with zero attached hydrogens (tertiary/aromatic N) is 5. The van der Waals surface area contributed by atoms with E-state index in [1.807, 2.05) is 77.2 Å². The second-order valence-corrected chi connectivity index (χ2v) is 14.3. The van der Waals surface area contributed by atoms with Gasteiger partial charge in [0, 0.05) is 66.9 Å². The maximum atomic E-state index is 13.5. The molecule has 1 fully saturated rings. The Bertz CT molecular complexity index is 2350. The maximum Gasteiger partial charge on any atom is 0.261 e. The first-order valence-electron chi connectivity index (χ1n) is 16.7. The molecule has 2 aliphatic rings. The van der Waals surface area contributed by atoms with E-state index >= 15 is 0 Å². The SMILES string of the molecule is CS(=O)(=O)O.O=C1c2cccc3cccc(c23)C(=O)N1CCCN1CCN(CCCNc2ccc3ncn4c5ccccc5c(=O)c2c34)CC1. The van der Waals surface area contributed by atoms with E-state index in [1.165, 1.54) is 4.90 Å². The van der Waals surface area contributed by atoms with Gasteiger partial charge in [0.15, 0.2) is 5.43 Å². The van der Waals surface area contributed by atoms with Crippen molar-refractivity contribution in [3.05, 3.63) is 100 Å². The molecular formula is C37H38N6O6S. The average Bonchev–Trinajstić information content (AvgIpc) is 3.54. The minimum absolute atomic E-state index is 0.0408. The highest BCUT2D eigenvalue weighted by atomic mass is 32.2. The predicted octanol–water partition coefficient (Wildman–Crippen LogP) is 4.20. The van der Waals surface area contributed by atoms with Crippen molar-refractivity contribution < 1.29 is 22.6 Å². The van der Waals surface area contributed by atoms with Gasteiger partial charge in [-0.3, -0.25) is 28.2 Å². The molecule has 2 aromatic heterocycles. The van der Waals surface area contributed by atoms with E-state index in [2.05, 4.69) is 20.1 Å². The lowest BCUT2D eigenvalue weighted by atomic mass is 9.94. The molecule has 0 radical (unpaired) electrons. The number of hydrogen-bond acceptors (Lipinski definition) is 9. The number of carbonyl (C=O) groups is 2. The van der Waals surface area contributed by atoms with Crippen LogP contribution in [-0.4, -0.2) is 107 Å². The van der Waals surface area contributed by atoms with E-state index in [-0.39, 0.29) is 17.2 Å². The standard InChI is InChI=1S/C36H34N6O3.CH4O3S/c43-34-25-9-1-2-12-30(25)42-23-38-29-14-13-28(32(34)33(29)42)37-15-5-16-39-19-21-40(22-20-39)17-6-18-41-35(44)26-10-3-7-24-8-4-11-27(31(24)26)36(41)45;1-5(2,3)4/h1-4,7-14,23,37H,5-6,15-22H2;1H3,(H,2,3,4). The summed E-state index contributed by atoms with van der Waals surface area (Å²) in [6.07, 6.45) is 4.24. The van der Waals surface area contributed by atoms with Gasteiger partial charge in [-0.1, -0.05) is 36.4 Å². The summed E-state index contributed by atoms with van der Waals surface area (Å²) in [5, 5.41) is 6.65. The summed E-state index contributed by atoms with van der Waals surface area (Å²) in [6.45, 7) is 6.96. The number of rotatable bonds is 9. The molecule has 4 heterocycles. The van der Waals surface area contributed by atoms with Crippen LogP contribution in [0, 0.1) is 0 Å². The van der Waals surface area contributed by atoms with Gasteiger partial charge < -0.3 is 15.1 Å². The van der Waals surface area contributed by atoms with Gasteiger partial charge in [0.25, 0.3) is 21.9 Å². The number of aromatic nitrogens is 2. The molecule has 0 spiro atoms. The van der Waals surface area contributed by atoms with Crippen molar-refractivity contribution in [2.45, 2.75) is 12.8 Å². The van der Waals surface area contributed by atoms with E-state index in [4.69, 9.17) is 4.55 Å². The van der Waals surface area contributed by atoms with Crippen LogP contribution in [0.1, 0.15) is 33.6 Å². The summed E-state index contributed by atoms with van der Waals surface area (Å²) in [4.78, 5) is 50.7. The number of amides is 2. The Morgan fingerprint density at radius 3 is 2.04 bits per heavy atom. The van der Waals surface area contributed by atoms with Crippen LogP contribution in [0.3, 0.4) is 0 Å². The number of piperazine rings is 1. The number of hydrogen-bond donors (Lipinski definition) is 2. The molecular weight excluding hydrogens is 657 g/mol. The topological polar surface area (TPSA) is 145 Å². The molecule has 258 valence electrons. The van der Waals surface area contributed by atoms with Gasteiger partial charge in [-0.2, -0.15) is 8.42 Å². The van der Waals surface area contributed by atoms with Crippen LogP contribution in [0.4, 0.5) is 5.69 Å². The Morgan fingerprint density at radius 1 is 0.760 bits per heavy atom. The van der Waals surface area contributed by atoms with Gasteiger partial charge in [0.2, 0.25) is 0 Å². The van der Waals surface area contributed by atoms with Crippen molar-refractivity contribution in [3.63, 3.8) is 0 Å². The van der Waals surface area contributed by atoms with Gasteiger partial charge in [-0.05, 0) is 67.7 Å². The molecule has 0 unspecified atom stereocenters. The van der Waals surface area contributed by atoms with E-state index in [0.29, 0.717) is 34.7 Å². The zero-order valence-electron chi connectivity index (χ0n) is 27.7. The molecule has 12 nitrogen and oxygen atoms in total. The zero-order valence-corrected chi connectivity index (χ0v) is 28.5. The first-order valence-corrected chi connectivity index (χ1v) is 18.6. The quantitative estimate of drug-likeness (QED) is 0.0978. The molecule has 4 aromatic carbocycles. The summed E-state index contributed by atoms with van der Waals surface area (Å²) in [5.74, 6) is -0.376. The lowest BCUT2D eigenvalue weighted by Gasteiger charge is -2.35. The number of anilines is 1. The number of benzene rings is 4. The van der Waals surface area contributed by atoms with E-state index in [9.17, 15) is 22.8 Å². The molecule has 0 saturated carbocycles. The molecule has 6 aromatic rings. The summed E-state index contributed by atoms with van der Waals surface area (Å²) in [7, 11) is -3.67. The van der Waals surface area contributed by atoms with Gasteiger partial charge in [0.1, 0.15) is 6.33 Å². The molecule has 8 rings (SSSR count). The fourth-order valence-electron chi connectivity index (χ4n) is 7.17. The average molecular weight is 695 g/mol. The molecule has 2 aliphatic heterocycles. The number of fused-ring (bicyclic) bond motifs is 2. The predicted molar refractivity (Wildman–Crippen MR) is 195 cm³/mol. The maximum absolute atomic E-state index is 13.5. The first kappa shape index (κ1) is 33.5. The van der Waals surface area contributed by atoms with Crippen molar-refractivity contribution >= 4 is 65.7 Å². The van der Waals surface area contributed by atoms with Crippen LogP contribution in [0.2, 0.25) is 0 Å². The van der Waals surface area contributed by atoms with Crippen molar-refractivity contribution in [2.75, 3.05) is 63.9 Å². The fraction of sp³-hybridized carbons (Fsp3) is 0.297. The first-order chi connectivity index (χ1) is 24.1.